The van der Waals surface area contributed by atoms with Gasteiger partial charge in [0.1, 0.15) is 0 Å². The molecule has 0 amide bonds. The summed E-state index contributed by atoms with van der Waals surface area (Å²) in [5, 5.41) is 0. The summed E-state index contributed by atoms with van der Waals surface area (Å²) in [7, 11) is 1.35. The molecule has 0 aromatic carbocycles. The first-order valence-electron chi connectivity index (χ1n) is 3.51. The Morgan fingerprint density at radius 1 is 1.75 bits per heavy atom. The first-order chi connectivity index (χ1) is 5.74. The van der Waals surface area contributed by atoms with Crippen LogP contribution in [0.1, 0.15) is 12.0 Å². The number of ether oxygens (including phenoxy) is 1. The first kappa shape index (κ1) is 8.59. The van der Waals surface area contributed by atoms with Gasteiger partial charge in [-0.15, -0.1) is 0 Å². The summed E-state index contributed by atoms with van der Waals surface area (Å²) >= 11 is 0. The molecule has 0 aliphatic carbocycles. The van der Waals surface area contributed by atoms with Gasteiger partial charge < -0.3 is 9.15 Å². The van der Waals surface area contributed by atoms with E-state index in [2.05, 4.69) is 11.3 Å². The van der Waals surface area contributed by atoms with Gasteiger partial charge in [-0.25, -0.2) is 0 Å². The fourth-order valence-electron chi connectivity index (χ4n) is 0.814. The lowest BCUT2D eigenvalue weighted by atomic mass is 10.1. The van der Waals surface area contributed by atoms with E-state index in [1.165, 1.54) is 13.4 Å². The van der Waals surface area contributed by atoms with Crippen molar-refractivity contribution in [2.45, 2.75) is 6.42 Å². The van der Waals surface area contributed by atoms with Crippen molar-refractivity contribution >= 4 is 11.5 Å². The Labute approximate surface area is 70.6 Å². The second-order valence-corrected chi connectivity index (χ2v) is 2.37. The van der Waals surface area contributed by atoms with Gasteiger partial charge >= 0.3 is 5.97 Å². The highest BCUT2D eigenvalue weighted by Crippen LogP contribution is 2.16. The third-order valence-corrected chi connectivity index (χ3v) is 1.51. The van der Waals surface area contributed by atoms with E-state index in [1.54, 1.807) is 12.3 Å². The van der Waals surface area contributed by atoms with Gasteiger partial charge in [-0.05, 0) is 11.6 Å². The van der Waals surface area contributed by atoms with E-state index in [0.29, 0.717) is 5.57 Å². The molecule has 12 heavy (non-hydrogen) atoms. The minimum Gasteiger partial charge on any atom is -0.472 e. The molecule has 0 unspecified atom stereocenters. The van der Waals surface area contributed by atoms with Crippen molar-refractivity contribution in [1.82, 2.24) is 0 Å². The number of methoxy groups -OCH3 is 1. The molecule has 0 spiro atoms. The van der Waals surface area contributed by atoms with Crippen molar-refractivity contribution in [1.29, 1.82) is 0 Å². The van der Waals surface area contributed by atoms with E-state index in [1.807, 2.05) is 0 Å². The molecule has 1 aromatic heterocycles. The predicted octanol–water partition coefficient (Wildman–Crippen LogP) is 1.86. The van der Waals surface area contributed by atoms with E-state index in [9.17, 15) is 4.79 Å². The zero-order valence-electron chi connectivity index (χ0n) is 6.87. The highest BCUT2D eigenvalue weighted by molar-refractivity contribution is 5.83. The highest BCUT2D eigenvalue weighted by Gasteiger charge is 2.06. The van der Waals surface area contributed by atoms with Crippen LogP contribution in [0.25, 0.3) is 5.57 Å². The molecule has 0 saturated carbocycles. The number of esters is 1. The van der Waals surface area contributed by atoms with Crippen LogP contribution in [0, 0.1) is 0 Å². The molecule has 1 rings (SSSR count). The zero-order chi connectivity index (χ0) is 8.97. The monoisotopic (exact) mass is 166 g/mol. The number of hydrogen-bond acceptors (Lipinski definition) is 3. The van der Waals surface area contributed by atoms with E-state index >= 15 is 0 Å². The highest BCUT2D eigenvalue weighted by atomic mass is 16.5. The smallest absolute Gasteiger partial charge is 0.309 e. The van der Waals surface area contributed by atoms with Gasteiger partial charge in [0.25, 0.3) is 0 Å². The molecule has 0 atom stereocenters. The lowest BCUT2D eigenvalue weighted by Gasteiger charge is -1.99. The summed E-state index contributed by atoms with van der Waals surface area (Å²) in [6.45, 7) is 3.72. The third kappa shape index (κ3) is 1.99. The molecule has 0 bridgehead atoms. The maximum Gasteiger partial charge on any atom is 0.309 e. The molecular formula is C9H10O3. The quantitative estimate of drug-likeness (QED) is 0.643. The van der Waals surface area contributed by atoms with Crippen molar-refractivity contribution in [3.63, 3.8) is 0 Å². The predicted molar refractivity (Wildman–Crippen MR) is 44.4 cm³/mol. The second kappa shape index (κ2) is 3.76. The first-order valence-corrected chi connectivity index (χ1v) is 3.51. The molecule has 0 radical (unpaired) electrons. The van der Waals surface area contributed by atoms with Crippen LogP contribution in [0.3, 0.4) is 0 Å². The molecule has 1 aromatic rings. The van der Waals surface area contributed by atoms with E-state index in [4.69, 9.17) is 4.42 Å². The maximum atomic E-state index is 10.8. The second-order valence-electron chi connectivity index (χ2n) is 2.37. The average Bonchev–Trinajstić information content (AvgIpc) is 2.56. The van der Waals surface area contributed by atoms with Gasteiger partial charge in [0.05, 0.1) is 26.1 Å². The number of furan rings is 1. The SMILES string of the molecule is C=C(CC(=O)OC)c1ccoc1. The Morgan fingerprint density at radius 2 is 2.50 bits per heavy atom. The minimum absolute atomic E-state index is 0.204. The standard InChI is InChI=1S/C9H10O3/c1-7(5-9(10)11-2)8-3-4-12-6-8/h3-4,6H,1,5H2,2H3. The van der Waals surface area contributed by atoms with Gasteiger partial charge in [0.2, 0.25) is 0 Å². The average molecular weight is 166 g/mol. The van der Waals surface area contributed by atoms with Crippen molar-refractivity contribution in [3.05, 3.63) is 30.7 Å². The van der Waals surface area contributed by atoms with Crippen molar-refractivity contribution in [3.8, 4) is 0 Å². The van der Waals surface area contributed by atoms with Crippen LogP contribution in [0.5, 0.6) is 0 Å². The zero-order valence-corrected chi connectivity index (χ0v) is 6.87. The fraction of sp³-hybridized carbons (Fsp3) is 0.222. The summed E-state index contributed by atoms with van der Waals surface area (Å²) in [6.07, 6.45) is 3.29. The number of carbonyl (C=O) groups excluding carboxylic acids is 1. The van der Waals surface area contributed by atoms with Gasteiger partial charge in [-0.3, -0.25) is 4.79 Å². The van der Waals surface area contributed by atoms with Crippen LogP contribution in [0.15, 0.2) is 29.6 Å². The minimum atomic E-state index is -0.291. The molecular weight excluding hydrogens is 156 g/mol. The van der Waals surface area contributed by atoms with Crippen LogP contribution >= 0.6 is 0 Å². The summed E-state index contributed by atoms with van der Waals surface area (Å²) in [4.78, 5) is 10.8. The maximum absolute atomic E-state index is 10.8. The van der Waals surface area contributed by atoms with Crippen LogP contribution in [-0.4, -0.2) is 13.1 Å². The number of carbonyl (C=O) groups is 1. The largest absolute Gasteiger partial charge is 0.472 e. The van der Waals surface area contributed by atoms with Crippen LogP contribution in [0.2, 0.25) is 0 Å². The Morgan fingerprint density at radius 3 is 3.00 bits per heavy atom. The molecule has 0 aliphatic rings. The molecule has 0 N–H and O–H groups in total. The van der Waals surface area contributed by atoms with Crippen LogP contribution < -0.4 is 0 Å². The Bertz CT molecular complexity index is 272. The van der Waals surface area contributed by atoms with Gasteiger partial charge in [-0.1, -0.05) is 6.58 Å². The molecule has 0 fully saturated rings. The Balaban J connectivity index is 2.56. The van der Waals surface area contributed by atoms with Crippen LogP contribution in [-0.2, 0) is 9.53 Å². The van der Waals surface area contributed by atoms with Crippen LogP contribution in [0.4, 0.5) is 0 Å². The lowest BCUT2D eigenvalue weighted by molar-refractivity contribution is -0.139. The van der Waals surface area contributed by atoms with Gasteiger partial charge in [0, 0.05) is 5.56 Å². The van der Waals surface area contributed by atoms with Gasteiger partial charge in [-0.2, -0.15) is 0 Å². The third-order valence-electron chi connectivity index (χ3n) is 1.51. The van der Waals surface area contributed by atoms with Gasteiger partial charge in [0.15, 0.2) is 0 Å². The molecule has 0 aliphatic heterocycles. The normalized spacial score (nSPS) is 9.42. The topological polar surface area (TPSA) is 39.4 Å². The van der Waals surface area contributed by atoms with E-state index < -0.39 is 0 Å². The summed E-state index contributed by atoms with van der Waals surface area (Å²) in [5.41, 5.74) is 1.54. The summed E-state index contributed by atoms with van der Waals surface area (Å²) in [5.74, 6) is -0.291. The number of hydrogen-bond donors (Lipinski definition) is 0. The molecule has 1 heterocycles. The Kier molecular flexibility index (Phi) is 2.69. The van der Waals surface area contributed by atoms with E-state index in [0.717, 1.165) is 5.56 Å². The fourth-order valence-corrected chi connectivity index (χ4v) is 0.814. The molecule has 3 nitrogen and oxygen atoms in total. The number of rotatable bonds is 3. The van der Waals surface area contributed by atoms with Crippen molar-refractivity contribution in [2.24, 2.45) is 0 Å². The Hall–Kier alpha value is -1.51. The van der Waals surface area contributed by atoms with E-state index in [-0.39, 0.29) is 12.4 Å². The molecule has 3 heteroatoms. The van der Waals surface area contributed by atoms with Crippen molar-refractivity contribution < 1.29 is 13.9 Å². The molecule has 64 valence electrons. The summed E-state index contributed by atoms with van der Waals surface area (Å²) < 4.78 is 9.33. The van der Waals surface area contributed by atoms with Crippen molar-refractivity contribution in [2.75, 3.05) is 7.11 Å². The summed E-state index contributed by atoms with van der Waals surface area (Å²) in [6, 6.07) is 1.76. The molecule has 0 saturated heterocycles. The lowest BCUT2D eigenvalue weighted by Crippen LogP contribution is -2.00.